The molecule has 3 aromatic rings. The molecule has 1 aliphatic heterocycles. The molecule has 178 valence electrons. The van der Waals surface area contributed by atoms with Crippen LogP contribution in [0.1, 0.15) is 22.8 Å². The Morgan fingerprint density at radius 1 is 0.912 bits per heavy atom. The summed E-state index contributed by atoms with van der Waals surface area (Å²) < 4.78 is 38.1. The third-order valence-electron chi connectivity index (χ3n) is 5.87. The highest BCUT2D eigenvalue weighted by molar-refractivity contribution is 7.89. The van der Waals surface area contributed by atoms with Crippen LogP contribution in [-0.4, -0.2) is 62.8 Å². The number of fused-ring (bicyclic) bond motifs is 1. The fourth-order valence-corrected chi connectivity index (χ4v) is 5.37. The van der Waals surface area contributed by atoms with Crippen molar-refractivity contribution in [3.63, 3.8) is 0 Å². The molecule has 0 atom stereocenters. The second-order valence-corrected chi connectivity index (χ2v) is 10.00. The number of nitrogens with zero attached hydrogens (tertiary/aromatic N) is 2. The van der Waals surface area contributed by atoms with Crippen LogP contribution < -0.4 is 4.74 Å². The van der Waals surface area contributed by atoms with E-state index in [1.807, 2.05) is 36.4 Å². The zero-order valence-corrected chi connectivity index (χ0v) is 19.9. The summed E-state index contributed by atoms with van der Waals surface area (Å²) in [5.74, 6) is 0.0865. The summed E-state index contributed by atoms with van der Waals surface area (Å²) in [5.41, 5.74) is 0.979. The van der Waals surface area contributed by atoms with Crippen LogP contribution in [0.15, 0.2) is 65.6 Å². The summed E-state index contributed by atoms with van der Waals surface area (Å²) in [6.45, 7) is 2.64. The van der Waals surface area contributed by atoms with E-state index in [0.29, 0.717) is 13.1 Å². The van der Waals surface area contributed by atoms with Gasteiger partial charge in [0.1, 0.15) is 12.4 Å². The zero-order valence-electron chi connectivity index (χ0n) is 19.1. The Morgan fingerprint density at radius 3 is 2.32 bits per heavy atom. The summed E-state index contributed by atoms with van der Waals surface area (Å²) >= 11 is 0. The monoisotopic (exact) mass is 482 g/mol. The fourth-order valence-electron chi connectivity index (χ4n) is 3.90. The molecule has 1 saturated heterocycles. The molecule has 0 aromatic heterocycles. The van der Waals surface area contributed by atoms with Gasteiger partial charge >= 0.3 is 5.97 Å². The van der Waals surface area contributed by atoms with Crippen LogP contribution in [0.4, 0.5) is 0 Å². The van der Waals surface area contributed by atoms with Gasteiger partial charge in [0.05, 0.1) is 17.6 Å². The molecule has 1 fully saturated rings. The van der Waals surface area contributed by atoms with Crippen LogP contribution in [0.2, 0.25) is 0 Å². The van der Waals surface area contributed by atoms with Gasteiger partial charge in [-0.2, -0.15) is 4.31 Å². The van der Waals surface area contributed by atoms with Crippen molar-refractivity contribution in [1.29, 1.82) is 0 Å². The number of carbonyl (C=O) groups excluding carboxylic acids is 2. The van der Waals surface area contributed by atoms with Crippen LogP contribution in [0.5, 0.6) is 5.75 Å². The Balaban J connectivity index is 1.43. The van der Waals surface area contributed by atoms with Crippen LogP contribution in [0.3, 0.4) is 0 Å². The van der Waals surface area contributed by atoms with Gasteiger partial charge in [0.25, 0.3) is 0 Å². The first-order valence-electron chi connectivity index (χ1n) is 10.9. The third-order valence-corrected chi connectivity index (χ3v) is 7.77. The maximum absolute atomic E-state index is 13.0. The van der Waals surface area contributed by atoms with E-state index in [9.17, 15) is 18.0 Å². The maximum Gasteiger partial charge on any atom is 0.338 e. The summed E-state index contributed by atoms with van der Waals surface area (Å²) in [6, 6.07) is 17.3. The van der Waals surface area contributed by atoms with Gasteiger partial charge in [-0.15, -0.1) is 0 Å². The molecule has 0 N–H and O–H groups in total. The van der Waals surface area contributed by atoms with E-state index in [1.54, 1.807) is 12.0 Å². The second kappa shape index (κ2) is 9.82. The van der Waals surface area contributed by atoms with Crippen molar-refractivity contribution in [2.75, 3.05) is 33.3 Å². The highest BCUT2D eigenvalue weighted by Gasteiger charge is 2.29. The molecule has 1 amide bonds. The number of amides is 1. The minimum absolute atomic E-state index is 0.0258. The molecule has 1 heterocycles. The highest BCUT2D eigenvalue weighted by Crippen LogP contribution is 2.23. The molecule has 0 saturated carbocycles. The molecule has 0 radical (unpaired) electrons. The number of hydrogen-bond acceptors (Lipinski definition) is 6. The first-order chi connectivity index (χ1) is 16.3. The van der Waals surface area contributed by atoms with Crippen molar-refractivity contribution in [2.24, 2.45) is 0 Å². The van der Waals surface area contributed by atoms with Crippen molar-refractivity contribution >= 4 is 32.7 Å². The molecule has 1 aliphatic rings. The van der Waals surface area contributed by atoms with Gasteiger partial charge in [0, 0.05) is 33.1 Å². The number of sulfonamides is 1. The van der Waals surface area contributed by atoms with Crippen LogP contribution >= 0.6 is 0 Å². The predicted molar refractivity (Wildman–Crippen MR) is 127 cm³/mol. The molecule has 34 heavy (non-hydrogen) atoms. The summed E-state index contributed by atoms with van der Waals surface area (Å²) in [7, 11) is -2.17. The smallest absolute Gasteiger partial charge is 0.338 e. The number of methoxy groups -OCH3 is 1. The summed E-state index contributed by atoms with van der Waals surface area (Å²) in [6.07, 6.45) is 0. The zero-order chi connectivity index (χ0) is 24.3. The normalized spacial score (nSPS) is 14.7. The van der Waals surface area contributed by atoms with Crippen LogP contribution in [0, 0.1) is 0 Å². The Kier molecular flexibility index (Phi) is 6.85. The average Bonchev–Trinajstić information content (AvgIpc) is 2.86. The lowest BCUT2D eigenvalue weighted by Crippen LogP contribution is -2.49. The lowest BCUT2D eigenvalue weighted by Gasteiger charge is -2.33. The van der Waals surface area contributed by atoms with Crippen molar-refractivity contribution in [2.45, 2.75) is 18.4 Å². The van der Waals surface area contributed by atoms with Gasteiger partial charge in [0.2, 0.25) is 15.9 Å². The standard InChI is InChI=1S/C25H26N2O6S/c1-18(28)26-10-12-27(13-11-26)34(30,31)24-5-3-4-22(16-24)25(29)33-17-19-6-7-21-15-23(32-2)9-8-20(21)14-19/h3-9,14-16H,10-13,17H2,1-2H3. The Bertz CT molecular complexity index is 1330. The van der Waals surface area contributed by atoms with Crippen molar-refractivity contribution in [3.8, 4) is 5.75 Å². The van der Waals surface area contributed by atoms with Gasteiger partial charge in [0.15, 0.2) is 0 Å². The molecule has 0 bridgehead atoms. The molecule has 0 aliphatic carbocycles. The number of ether oxygens (including phenoxy) is 2. The molecular weight excluding hydrogens is 456 g/mol. The lowest BCUT2D eigenvalue weighted by atomic mass is 10.1. The van der Waals surface area contributed by atoms with E-state index in [2.05, 4.69) is 0 Å². The number of carbonyl (C=O) groups is 2. The van der Waals surface area contributed by atoms with Gasteiger partial charge in [-0.3, -0.25) is 4.79 Å². The van der Waals surface area contributed by atoms with Crippen LogP contribution in [0.25, 0.3) is 10.8 Å². The van der Waals surface area contributed by atoms with Gasteiger partial charge in [-0.1, -0.05) is 24.3 Å². The second-order valence-electron chi connectivity index (χ2n) is 8.06. The highest BCUT2D eigenvalue weighted by atomic mass is 32.2. The van der Waals surface area contributed by atoms with E-state index in [1.165, 1.54) is 35.5 Å². The molecule has 0 spiro atoms. The van der Waals surface area contributed by atoms with E-state index >= 15 is 0 Å². The summed E-state index contributed by atoms with van der Waals surface area (Å²) in [4.78, 5) is 25.8. The van der Waals surface area contributed by atoms with Crippen LogP contribution in [-0.2, 0) is 26.2 Å². The number of piperazine rings is 1. The van der Waals surface area contributed by atoms with Gasteiger partial charge in [-0.05, 0) is 52.7 Å². The maximum atomic E-state index is 13.0. The number of rotatable bonds is 6. The molecule has 0 unspecified atom stereocenters. The molecule has 9 heteroatoms. The number of hydrogen-bond donors (Lipinski definition) is 0. The van der Waals surface area contributed by atoms with Gasteiger partial charge in [-0.25, -0.2) is 13.2 Å². The Morgan fingerprint density at radius 2 is 1.62 bits per heavy atom. The van der Waals surface area contributed by atoms with E-state index in [4.69, 9.17) is 9.47 Å². The fraction of sp³-hybridized carbons (Fsp3) is 0.280. The molecule has 8 nitrogen and oxygen atoms in total. The van der Waals surface area contributed by atoms with E-state index in [0.717, 1.165) is 22.1 Å². The van der Waals surface area contributed by atoms with E-state index in [-0.39, 0.29) is 36.1 Å². The minimum Gasteiger partial charge on any atom is -0.497 e. The topological polar surface area (TPSA) is 93.2 Å². The quantitative estimate of drug-likeness (QED) is 0.502. The minimum atomic E-state index is -3.79. The molecular formula is C25H26N2O6S. The lowest BCUT2D eigenvalue weighted by molar-refractivity contribution is -0.129. The molecule has 4 rings (SSSR count). The van der Waals surface area contributed by atoms with Crippen molar-refractivity contribution in [3.05, 3.63) is 71.8 Å². The third kappa shape index (κ3) is 5.05. The first-order valence-corrected chi connectivity index (χ1v) is 12.3. The predicted octanol–water partition coefficient (Wildman–Crippen LogP) is 3.06. The van der Waals surface area contributed by atoms with Crippen molar-refractivity contribution < 1.29 is 27.5 Å². The Hall–Kier alpha value is -3.43. The molecule has 3 aromatic carbocycles. The number of esters is 1. The van der Waals surface area contributed by atoms with Gasteiger partial charge < -0.3 is 14.4 Å². The largest absolute Gasteiger partial charge is 0.497 e. The Labute approximate surface area is 198 Å². The number of benzene rings is 3. The summed E-state index contributed by atoms with van der Waals surface area (Å²) in [5, 5.41) is 2.00. The van der Waals surface area contributed by atoms with E-state index < -0.39 is 16.0 Å². The average molecular weight is 483 g/mol. The first kappa shape index (κ1) is 23.7. The van der Waals surface area contributed by atoms with Crippen molar-refractivity contribution in [1.82, 2.24) is 9.21 Å². The SMILES string of the molecule is COc1ccc2cc(COC(=O)c3cccc(S(=O)(=O)N4CCN(C(C)=O)CC4)c3)ccc2c1.